The molecule has 0 spiro atoms. The summed E-state index contributed by atoms with van der Waals surface area (Å²) in [6, 6.07) is 11.3. The lowest BCUT2D eigenvalue weighted by molar-refractivity contribution is 0.0693. The topological polar surface area (TPSA) is 74.6 Å². The molecule has 0 saturated carbocycles. The summed E-state index contributed by atoms with van der Waals surface area (Å²) < 4.78 is 0. The highest BCUT2D eigenvalue weighted by Gasteiger charge is 2.25. The summed E-state index contributed by atoms with van der Waals surface area (Å²) in [5, 5.41) is 19.3. The SMILES string of the molecule is Cc1cc(C(=O)O)c(CCc2ccccc2)c(C(=O)O)c1C(C)C. The van der Waals surface area contributed by atoms with Gasteiger partial charge in [-0.25, -0.2) is 9.59 Å². The Balaban J connectivity index is 2.59. The maximum absolute atomic E-state index is 11.9. The van der Waals surface area contributed by atoms with E-state index in [0.717, 1.165) is 11.1 Å². The molecule has 2 N–H and O–H groups in total. The first-order chi connectivity index (χ1) is 11.3. The number of hydrogen-bond donors (Lipinski definition) is 2. The summed E-state index contributed by atoms with van der Waals surface area (Å²) in [7, 11) is 0. The zero-order valence-corrected chi connectivity index (χ0v) is 14.2. The summed E-state index contributed by atoms with van der Waals surface area (Å²) >= 11 is 0. The van der Waals surface area contributed by atoms with Crippen molar-refractivity contribution in [3.05, 3.63) is 69.8 Å². The largest absolute Gasteiger partial charge is 0.478 e. The molecule has 0 aliphatic rings. The minimum Gasteiger partial charge on any atom is -0.478 e. The van der Waals surface area contributed by atoms with Gasteiger partial charge in [-0.1, -0.05) is 44.2 Å². The first-order valence-corrected chi connectivity index (χ1v) is 7.99. The number of carboxylic acids is 2. The Hall–Kier alpha value is -2.62. The van der Waals surface area contributed by atoms with Crippen LogP contribution in [-0.4, -0.2) is 22.2 Å². The zero-order valence-electron chi connectivity index (χ0n) is 14.2. The van der Waals surface area contributed by atoms with Gasteiger partial charge in [-0.05, 0) is 54.0 Å². The van der Waals surface area contributed by atoms with E-state index in [1.165, 1.54) is 0 Å². The lowest BCUT2D eigenvalue weighted by Gasteiger charge is -2.19. The van der Waals surface area contributed by atoms with E-state index in [1.54, 1.807) is 13.0 Å². The standard InChI is InChI=1S/C20H22O4/c1-12(2)17-13(3)11-16(19(21)22)15(18(17)20(23)24)10-9-14-7-5-4-6-8-14/h4-8,11-12H,9-10H2,1-3H3,(H,21,22)(H,23,24). The molecule has 0 aliphatic heterocycles. The minimum absolute atomic E-state index is 0.00872. The third kappa shape index (κ3) is 3.65. The fourth-order valence-corrected chi connectivity index (χ4v) is 3.23. The van der Waals surface area contributed by atoms with E-state index in [-0.39, 0.29) is 17.0 Å². The Labute approximate surface area is 141 Å². The summed E-state index contributed by atoms with van der Waals surface area (Å²) in [4.78, 5) is 23.5. The first kappa shape index (κ1) is 17.7. The number of carbonyl (C=O) groups is 2. The van der Waals surface area contributed by atoms with Crippen molar-refractivity contribution in [2.45, 2.75) is 39.5 Å². The summed E-state index contributed by atoms with van der Waals surface area (Å²) in [6.07, 6.45) is 0.981. The Morgan fingerprint density at radius 2 is 1.62 bits per heavy atom. The van der Waals surface area contributed by atoms with Gasteiger partial charge in [-0.2, -0.15) is 0 Å². The molecule has 0 fully saturated rings. The number of rotatable bonds is 6. The maximum atomic E-state index is 11.9. The van der Waals surface area contributed by atoms with Gasteiger partial charge in [0.2, 0.25) is 0 Å². The average Bonchev–Trinajstić information content (AvgIpc) is 2.52. The summed E-state index contributed by atoms with van der Waals surface area (Å²) in [6.45, 7) is 5.63. The van der Waals surface area contributed by atoms with E-state index in [0.29, 0.717) is 24.0 Å². The van der Waals surface area contributed by atoms with Gasteiger partial charge in [0.15, 0.2) is 0 Å². The Morgan fingerprint density at radius 3 is 2.12 bits per heavy atom. The van der Waals surface area contributed by atoms with Crippen LogP contribution in [-0.2, 0) is 12.8 Å². The molecule has 0 saturated heterocycles. The predicted molar refractivity (Wildman–Crippen MR) is 93.0 cm³/mol. The van der Waals surface area contributed by atoms with Crippen LogP contribution in [0.3, 0.4) is 0 Å². The predicted octanol–water partition coefficient (Wildman–Crippen LogP) is 4.30. The molecule has 2 rings (SSSR count). The van der Waals surface area contributed by atoms with Crippen LogP contribution in [0.2, 0.25) is 0 Å². The molecule has 0 unspecified atom stereocenters. The van der Waals surface area contributed by atoms with Crippen LogP contribution in [0, 0.1) is 6.92 Å². The van der Waals surface area contributed by atoms with Crippen molar-refractivity contribution in [1.82, 2.24) is 0 Å². The number of carboxylic acid groups (broad SMARTS) is 2. The van der Waals surface area contributed by atoms with Crippen LogP contribution in [0.25, 0.3) is 0 Å². The molecule has 2 aromatic rings. The number of aromatic carboxylic acids is 2. The third-order valence-electron chi connectivity index (χ3n) is 4.21. The molecule has 0 heterocycles. The molecule has 0 radical (unpaired) electrons. The molecule has 4 nitrogen and oxygen atoms in total. The van der Waals surface area contributed by atoms with Gasteiger partial charge in [0.1, 0.15) is 0 Å². The molecule has 0 aliphatic carbocycles. The van der Waals surface area contributed by atoms with Crippen LogP contribution >= 0.6 is 0 Å². The third-order valence-corrected chi connectivity index (χ3v) is 4.21. The Bertz CT molecular complexity index is 761. The second-order valence-corrected chi connectivity index (χ2v) is 6.26. The second-order valence-electron chi connectivity index (χ2n) is 6.26. The Kier molecular flexibility index (Phi) is 5.39. The highest BCUT2D eigenvalue weighted by atomic mass is 16.4. The van der Waals surface area contributed by atoms with E-state index in [1.807, 2.05) is 44.2 Å². The van der Waals surface area contributed by atoms with Crippen LogP contribution < -0.4 is 0 Å². The molecular formula is C20H22O4. The van der Waals surface area contributed by atoms with E-state index in [9.17, 15) is 19.8 Å². The van der Waals surface area contributed by atoms with E-state index >= 15 is 0 Å². The molecule has 0 bridgehead atoms. The lowest BCUT2D eigenvalue weighted by atomic mass is 9.84. The highest BCUT2D eigenvalue weighted by molar-refractivity contribution is 5.98. The first-order valence-electron chi connectivity index (χ1n) is 7.99. The summed E-state index contributed by atoms with van der Waals surface area (Å²) in [5.74, 6) is -2.14. The molecule has 0 amide bonds. The van der Waals surface area contributed by atoms with Gasteiger partial charge in [0.25, 0.3) is 0 Å². The fourth-order valence-electron chi connectivity index (χ4n) is 3.23. The minimum atomic E-state index is -1.08. The molecule has 24 heavy (non-hydrogen) atoms. The average molecular weight is 326 g/mol. The monoisotopic (exact) mass is 326 g/mol. The highest BCUT2D eigenvalue weighted by Crippen LogP contribution is 2.30. The lowest BCUT2D eigenvalue weighted by Crippen LogP contribution is -2.16. The van der Waals surface area contributed by atoms with Crippen molar-refractivity contribution in [1.29, 1.82) is 0 Å². The normalized spacial score (nSPS) is 10.8. The van der Waals surface area contributed by atoms with Crippen molar-refractivity contribution >= 4 is 11.9 Å². The maximum Gasteiger partial charge on any atom is 0.336 e. The quantitative estimate of drug-likeness (QED) is 0.830. The molecule has 4 heteroatoms. The molecular weight excluding hydrogens is 304 g/mol. The van der Waals surface area contributed by atoms with Gasteiger partial charge < -0.3 is 10.2 Å². The second kappa shape index (κ2) is 7.30. The van der Waals surface area contributed by atoms with Crippen molar-refractivity contribution in [3.63, 3.8) is 0 Å². The van der Waals surface area contributed by atoms with E-state index in [2.05, 4.69) is 0 Å². The van der Waals surface area contributed by atoms with Gasteiger partial charge in [-0.3, -0.25) is 0 Å². The van der Waals surface area contributed by atoms with Crippen LogP contribution in [0.5, 0.6) is 0 Å². The van der Waals surface area contributed by atoms with Crippen LogP contribution in [0.4, 0.5) is 0 Å². The van der Waals surface area contributed by atoms with E-state index in [4.69, 9.17) is 0 Å². The van der Waals surface area contributed by atoms with Crippen molar-refractivity contribution in [2.75, 3.05) is 0 Å². The Morgan fingerprint density at radius 1 is 1.00 bits per heavy atom. The van der Waals surface area contributed by atoms with Crippen LogP contribution in [0.1, 0.15) is 62.7 Å². The molecule has 0 aromatic heterocycles. The molecule has 0 atom stereocenters. The van der Waals surface area contributed by atoms with Gasteiger partial charge in [0, 0.05) is 0 Å². The summed E-state index contributed by atoms with van der Waals surface area (Å²) in [5.41, 5.74) is 3.13. The smallest absolute Gasteiger partial charge is 0.336 e. The van der Waals surface area contributed by atoms with Gasteiger partial charge in [-0.15, -0.1) is 0 Å². The van der Waals surface area contributed by atoms with Crippen molar-refractivity contribution in [2.24, 2.45) is 0 Å². The molecule has 126 valence electrons. The van der Waals surface area contributed by atoms with Gasteiger partial charge >= 0.3 is 11.9 Å². The van der Waals surface area contributed by atoms with E-state index < -0.39 is 11.9 Å². The molecule has 2 aromatic carbocycles. The zero-order chi connectivity index (χ0) is 17.9. The number of hydrogen-bond acceptors (Lipinski definition) is 2. The number of benzene rings is 2. The van der Waals surface area contributed by atoms with Gasteiger partial charge in [0.05, 0.1) is 11.1 Å². The number of aryl methyl sites for hydroxylation is 2. The van der Waals surface area contributed by atoms with Crippen molar-refractivity contribution < 1.29 is 19.8 Å². The fraction of sp³-hybridized carbons (Fsp3) is 0.300. The van der Waals surface area contributed by atoms with Crippen molar-refractivity contribution in [3.8, 4) is 0 Å². The van der Waals surface area contributed by atoms with Crippen LogP contribution in [0.15, 0.2) is 36.4 Å².